The van der Waals surface area contributed by atoms with E-state index in [1.165, 1.54) is 27.8 Å². The van der Waals surface area contributed by atoms with E-state index in [4.69, 9.17) is 0 Å². The summed E-state index contributed by atoms with van der Waals surface area (Å²) in [5.74, 6) is 0.0460. The molecule has 3 nitrogen and oxygen atoms in total. The van der Waals surface area contributed by atoms with Crippen LogP contribution in [0.3, 0.4) is 0 Å². The molecular weight excluding hydrogens is 332 g/mol. The Balaban J connectivity index is 1.74. The Bertz CT molecular complexity index is 1160. The Kier molecular flexibility index (Phi) is 2.80. The molecule has 0 spiro atoms. The van der Waals surface area contributed by atoms with Gasteiger partial charge in [-0.05, 0) is 45.9 Å². The smallest absolute Gasteiger partial charge is 0.252 e. The Morgan fingerprint density at radius 3 is 2.52 bits per heavy atom. The molecule has 1 amide bonds. The van der Waals surface area contributed by atoms with E-state index in [-0.39, 0.29) is 11.9 Å². The third-order valence-corrected chi connectivity index (χ3v) is 6.08. The molecule has 1 unspecified atom stereocenters. The quantitative estimate of drug-likeness (QED) is 0.798. The summed E-state index contributed by atoms with van der Waals surface area (Å²) >= 11 is 0. The first-order chi connectivity index (χ1) is 13.3. The summed E-state index contributed by atoms with van der Waals surface area (Å²) in [6.07, 6.45) is 2.80. The van der Waals surface area contributed by atoms with Crippen molar-refractivity contribution in [2.45, 2.75) is 12.5 Å². The molecule has 1 atom stereocenters. The van der Waals surface area contributed by atoms with E-state index in [0.29, 0.717) is 6.54 Å². The normalized spacial score (nSPS) is 21.3. The third kappa shape index (κ3) is 1.74. The van der Waals surface area contributed by atoms with Crippen molar-refractivity contribution in [3.63, 3.8) is 0 Å². The first-order valence-electron chi connectivity index (χ1n) is 9.35. The molecule has 0 saturated carbocycles. The van der Waals surface area contributed by atoms with Gasteiger partial charge >= 0.3 is 0 Å². The summed E-state index contributed by atoms with van der Waals surface area (Å²) in [5.41, 5.74) is 11.8. The van der Waals surface area contributed by atoms with Crippen LogP contribution in [0.15, 0.2) is 77.9 Å². The maximum atomic E-state index is 12.8. The van der Waals surface area contributed by atoms with Crippen LogP contribution < -0.4 is 10.6 Å². The van der Waals surface area contributed by atoms with Crippen molar-refractivity contribution in [2.75, 3.05) is 11.9 Å². The van der Waals surface area contributed by atoms with Crippen LogP contribution in [0, 0.1) is 0 Å². The summed E-state index contributed by atoms with van der Waals surface area (Å²) in [5, 5.41) is 6.77. The molecule has 2 aliphatic carbocycles. The third-order valence-electron chi connectivity index (χ3n) is 6.08. The number of para-hydroxylation sites is 1. The lowest BCUT2D eigenvalue weighted by Gasteiger charge is -2.26. The standard InChI is InChI=1S/C24H18N2O/c1-2-7-14-13-8-3-4-9-15(13)19-17-12-25-24(27)22(17)21-16-10-5-6-11-18(16)26-23(21)20(14)19/h2-6,8-11,23,26H,1,7,12H2,(H,25,27). The van der Waals surface area contributed by atoms with Crippen LogP contribution in [0.4, 0.5) is 5.69 Å². The lowest BCUT2D eigenvalue weighted by Crippen LogP contribution is -2.24. The Hall–Kier alpha value is -3.33. The zero-order chi connectivity index (χ0) is 18.1. The van der Waals surface area contributed by atoms with Crippen molar-refractivity contribution in [3.8, 4) is 0 Å². The molecule has 2 aliphatic heterocycles. The van der Waals surface area contributed by atoms with Crippen LogP contribution >= 0.6 is 0 Å². The average molecular weight is 350 g/mol. The van der Waals surface area contributed by atoms with Gasteiger partial charge in [0.1, 0.15) is 0 Å². The minimum Gasteiger partial charge on any atom is -0.374 e. The van der Waals surface area contributed by atoms with Gasteiger partial charge in [-0.3, -0.25) is 4.79 Å². The van der Waals surface area contributed by atoms with Crippen molar-refractivity contribution < 1.29 is 4.79 Å². The number of anilines is 1. The van der Waals surface area contributed by atoms with Gasteiger partial charge in [0.05, 0.1) is 11.6 Å². The Morgan fingerprint density at radius 1 is 0.963 bits per heavy atom. The number of hydrogen-bond donors (Lipinski definition) is 2. The van der Waals surface area contributed by atoms with Gasteiger partial charge in [-0.1, -0.05) is 48.5 Å². The molecule has 6 rings (SSSR count). The number of benzene rings is 2. The molecule has 1 fully saturated rings. The number of amides is 1. The highest BCUT2D eigenvalue weighted by Crippen LogP contribution is 2.56. The maximum Gasteiger partial charge on any atom is 0.252 e. The zero-order valence-electron chi connectivity index (χ0n) is 14.8. The second kappa shape index (κ2) is 5.10. The van der Waals surface area contributed by atoms with Gasteiger partial charge < -0.3 is 10.6 Å². The zero-order valence-corrected chi connectivity index (χ0v) is 14.8. The Morgan fingerprint density at radius 2 is 1.70 bits per heavy atom. The van der Waals surface area contributed by atoms with Gasteiger partial charge in [-0.25, -0.2) is 0 Å². The van der Waals surface area contributed by atoms with Gasteiger partial charge in [0.15, 0.2) is 0 Å². The number of allylic oxidation sites excluding steroid dienone is 2. The SMILES string of the molecule is C=CCC1=C2C(=C3CNC(=O)C3=C3c4ccccc4NC23)c2ccccc21. The van der Waals surface area contributed by atoms with Crippen LogP contribution in [-0.4, -0.2) is 18.5 Å². The second-order valence-corrected chi connectivity index (χ2v) is 7.38. The van der Waals surface area contributed by atoms with E-state index in [1.54, 1.807) is 0 Å². The highest BCUT2D eigenvalue weighted by molar-refractivity contribution is 6.21. The van der Waals surface area contributed by atoms with Crippen LogP contribution in [0.5, 0.6) is 0 Å². The number of rotatable bonds is 2. The summed E-state index contributed by atoms with van der Waals surface area (Å²) in [7, 11) is 0. The summed E-state index contributed by atoms with van der Waals surface area (Å²) < 4.78 is 0. The van der Waals surface area contributed by atoms with Crippen molar-refractivity contribution in [3.05, 3.63) is 94.6 Å². The molecule has 4 aliphatic rings. The highest BCUT2D eigenvalue weighted by Gasteiger charge is 2.46. The molecule has 3 heteroatoms. The molecule has 0 radical (unpaired) electrons. The van der Waals surface area contributed by atoms with Gasteiger partial charge in [0.25, 0.3) is 5.91 Å². The van der Waals surface area contributed by atoms with E-state index in [1.807, 2.05) is 18.2 Å². The molecular formula is C24H18N2O. The number of carbonyl (C=O) groups is 1. The van der Waals surface area contributed by atoms with Crippen LogP contribution in [0.1, 0.15) is 23.1 Å². The van der Waals surface area contributed by atoms with Crippen molar-refractivity contribution in [2.24, 2.45) is 0 Å². The van der Waals surface area contributed by atoms with E-state index >= 15 is 0 Å². The fraction of sp³-hybridized carbons (Fsp3) is 0.125. The number of nitrogens with one attached hydrogen (secondary N) is 2. The maximum absolute atomic E-state index is 12.8. The monoisotopic (exact) mass is 350 g/mol. The number of carbonyl (C=O) groups excluding carboxylic acids is 1. The minimum atomic E-state index is 0.0161. The fourth-order valence-corrected chi connectivity index (χ4v) is 5.12. The van der Waals surface area contributed by atoms with Crippen LogP contribution in [0.2, 0.25) is 0 Å². The van der Waals surface area contributed by atoms with Crippen molar-refractivity contribution in [1.29, 1.82) is 0 Å². The predicted octanol–water partition coefficient (Wildman–Crippen LogP) is 4.17. The molecule has 0 bridgehead atoms. The lowest BCUT2D eigenvalue weighted by atomic mass is 9.78. The average Bonchev–Trinajstić information content (AvgIpc) is 3.34. The number of fused-ring (bicyclic) bond motifs is 8. The van der Waals surface area contributed by atoms with Crippen LogP contribution in [-0.2, 0) is 4.79 Å². The predicted molar refractivity (Wildman–Crippen MR) is 109 cm³/mol. The van der Waals surface area contributed by atoms with E-state index in [2.05, 4.69) is 53.6 Å². The molecule has 1 saturated heterocycles. The molecule has 2 heterocycles. The molecule has 2 N–H and O–H groups in total. The summed E-state index contributed by atoms with van der Waals surface area (Å²) in [4.78, 5) is 12.8. The van der Waals surface area contributed by atoms with Gasteiger partial charge in [-0.2, -0.15) is 0 Å². The van der Waals surface area contributed by atoms with Crippen molar-refractivity contribution in [1.82, 2.24) is 5.32 Å². The second-order valence-electron chi connectivity index (χ2n) is 7.38. The summed E-state index contributed by atoms with van der Waals surface area (Å²) in [6.45, 7) is 4.59. The van der Waals surface area contributed by atoms with E-state index < -0.39 is 0 Å². The Labute approximate surface area is 157 Å². The van der Waals surface area contributed by atoms with E-state index in [0.717, 1.165) is 34.4 Å². The van der Waals surface area contributed by atoms with Crippen molar-refractivity contribution >= 4 is 28.3 Å². The fourth-order valence-electron chi connectivity index (χ4n) is 5.12. The summed E-state index contributed by atoms with van der Waals surface area (Å²) in [6, 6.07) is 16.9. The van der Waals surface area contributed by atoms with Gasteiger partial charge in [-0.15, -0.1) is 6.58 Å². The first kappa shape index (κ1) is 14.8. The topological polar surface area (TPSA) is 41.1 Å². The molecule has 2 aromatic carbocycles. The molecule has 27 heavy (non-hydrogen) atoms. The minimum absolute atomic E-state index is 0.0161. The van der Waals surface area contributed by atoms with Crippen LogP contribution in [0.25, 0.3) is 16.7 Å². The first-order valence-corrected chi connectivity index (χ1v) is 9.35. The van der Waals surface area contributed by atoms with Gasteiger partial charge in [0.2, 0.25) is 0 Å². The highest BCUT2D eigenvalue weighted by atomic mass is 16.2. The molecule has 130 valence electrons. The molecule has 2 aromatic rings. The molecule has 0 aromatic heterocycles. The van der Waals surface area contributed by atoms with Gasteiger partial charge in [0, 0.05) is 23.4 Å². The lowest BCUT2D eigenvalue weighted by molar-refractivity contribution is -0.116. The largest absolute Gasteiger partial charge is 0.374 e. The number of hydrogen-bond acceptors (Lipinski definition) is 2. The van der Waals surface area contributed by atoms with E-state index in [9.17, 15) is 4.79 Å².